The molecule has 1 aliphatic carbocycles. The molecular weight excluding hydrogens is 356 g/mol. The van der Waals surface area contributed by atoms with Crippen LogP contribution in [0.3, 0.4) is 0 Å². The van der Waals surface area contributed by atoms with Gasteiger partial charge >= 0.3 is 0 Å². The summed E-state index contributed by atoms with van der Waals surface area (Å²) in [5.74, 6) is 0.417. The van der Waals surface area contributed by atoms with Gasteiger partial charge in [0.15, 0.2) is 5.82 Å². The summed E-state index contributed by atoms with van der Waals surface area (Å²) in [7, 11) is 0. The molecular formula is C20H20N6O2. The van der Waals surface area contributed by atoms with E-state index in [1.165, 1.54) is 6.92 Å². The monoisotopic (exact) mass is 376 g/mol. The molecule has 1 saturated carbocycles. The number of carbonyl (C=O) groups is 2. The molecule has 1 aliphatic rings. The topological polar surface area (TPSA) is 102 Å². The van der Waals surface area contributed by atoms with Crippen molar-refractivity contribution in [3.63, 3.8) is 0 Å². The lowest BCUT2D eigenvalue weighted by Crippen LogP contribution is -2.19. The number of aromatic nitrogens is 4. The van der Waals surface area contributed by atoms with Crippen LogP contribution in [0.2, 0.25) is 0 Å². The summed E-state index contributed by atoms with van der Waals surface area (Å²) >= 11 is 0. The molecule has 0 radical (unpaired) electrons. The first kappa shape index (κ1) is 17.8. The van der Waals surface area contributed by atoms with Crippen molar-refractivity contribution in [3.8, 4) is 11.4 Å². The summed E-state index contributed by atoms with van der Waals surface area (Å²) in [6.45, 7) is 1.91. The first-order chi connectivity index (χ1) is 13.6. The van der Waals surface area contributed by atoms with Crippen LogP contribution < -0.4 is 10.6 Å². The number of nitrogens with one attached hydrogen (secondary N) is 2. The van der Waals surface area contributed by atoms with E-state index in [0.29, 0.717) is 29.7 Å². The second-order valence-electron chi connectivity index (χ2n) is 6.82. The number of benzene rings is 2. The maximum atomic E-state index is 12.5. The molecule has 28 heavy (non-hydrogen) atoms. The molecule has 0 aliphatic heterocycles. The number of tetrazole rings is 1. The van der Waals surface area contributed by atoms with Crippen molar-refractivity contribution in [1.29, 1.82) is 0 Å². The molecule has 0 saturated heterocycles. The van der Waals surface area contributed by atoms with E-state index in [0.717, 1.165) is 24.0 Å². The summed E-state index contributed by atoms with van der Waals surface area (Å²) in [6.07, 6.45) is 2.18. The molecule has 0 atom stereocenters. The zero-order chi connectivity index (χ0) is 19.5. The molecule has 2 aromatic carbocycles. The zero-order valence-electron chi connectivity index (χ0n) is 15.4. The predicted molar refractivity (Wildman–Crippen MR) is 103 cm³/mol. The fourth-order valence-electron chi connectivity index (χ4n) is 2.89. The molecule has 0 unspecified atom stereocenters. The molecule has 3 aromatic rings. The van der Waals surface area contributed by atoms with Crippen LogP contribution in [0.1, 0.15) is 41.7 Å². The minimum absolute atomic E-state index is 0.0885. The van der Waals surface area contributed by atoms with E-state index in [4.69, 9.17) is 0 Å². The molecule has 1 aromatic heterocycles. The van der Waals surface area contributed by atoms with E-state index >= 15 is 0 Å². The van der Waals surface area contributed by atoms with Crippen LogP contribution in [0, 0.1) is 0 Å². The Hall–Kier alpha value is -3.55. The van der Waals surface area contributed by atoms with Gasteiger partial charge in [-0.1, -0.05) is 24.3 Å². The Morgan fingerprint density at radius 1 is 1.14 bits per heavy atom. The van der Waals surface area contributed by atoms with Crippen molar-refractivity contribution in [3.05, 3.63) is 59.7 Å². The average Bonchev–Trinajstić information content (AvgIpc) is 3.43. The van der Waals surface area contributed by atoms with E-state index in [2.05, 4.69) is 26.2 Å². The fraction of sp³-hybridized carbons (Fsp3) is 0.250. The number of nitrogens with zero attached hydrogens (tertiary/aromatic N) is 4. The van der Waals surface area contributed by atoms with Gasteiger partial charge in [-0.15, -0.1) is 5.10 Å². The quantitative estimate of drug-likeness (QED) is 0.688. The van der Waals surface area contributed by atoms with E-state index in [1.54, 1.807) is 12.1 Å². The number of amides is 2. The maximum absolute atomic E-state index is 12.5. The number of rotatable bonds is 6. The molecule has 2 amide bonds. The number of hydrogen-bond donors (Lipinski definition) is 2. The smallest absolute Gasteiger partial charge is 0.255 e. The molecule has 142 valence electrons. The molecule has 0 bridgehead atoms. The molecule has 2 N–H and O–H groups in total. The van der Waals surface area contributed by atoms with E-state index < -0.39 is 0 Å². The van der Waals surface area contributed by atoms with Gasteiger partial charge in [-0.25, -0.2) is 4.68 Å². The lowest BCUT2D eigenvalue weighted by Gasteiger charge is -2.09. The lowest BCUT2D eigenvalue weighted by atomic mass is 10.1. The van der Waals surface area contributed by atoms with Gasteiger partial charge in [0.25, 0.3) is 5.91 Å². The van der Waals surface area contributed by atoms with E-state index in [9.17, 15) is 9.59 Å². The second kappa shape index (κ2) is 7.59. The highest BCUT2D eigenvalue weighted by molar-refractivity contribution is 6.04. The molecule has 8 heteroatoms. The summed E-state index contributed by atoms with van der Waals surface area (Å²) in [5, 5.41) is 17.6. The van der Waals surface area contributed by atoms with Crippen LogP contribution in [0.25, 0.3) is 11.4 Å². The van der Waals surface area contributed by atoms with E-state index in [1.807, 2.05) is 41.1 Å². The summed E-state index contributed by atoms with van der Waals surface area (Å²) < 4.78 is 1.84. The van der Waals surface area contributed by atoms with Crippen LogP contribution in [-0.2, 0) is 11.3 Å². The van der Waals surface area contributed by atoms with Crippen molar-refractivity contribution in [1.82, 2.24) is 25.5 Å². The first-order valence-electron chi connectivity index (χ1n) is 9.13. The van der Waals surface area contributed by atoms with Gasteiger partial charge in [-0.05, 0) is 53.1 Å². The summed E-state index contributed by atoms with van der Waals surface area (Å²) in [6, 6.07) is 15.0. The van der Waals surface area contributed by atoms with Gasteiger partial charge in [-0.2, -0.15) is 0 Å². The van der Waals surface area contributed by atoms with E-state index in [-0.39, 0.29) is 11.8 Å². The number of hydrogen-bond acceptors (Lipinski definition) is 5. The molecule has 1 fully saturated rings. The highest BCUT2D eigenvalue weighted by Crippen LogP contribution is 2.36. The van der Waals surface area contributed by atoms with Crippen molar-refractivity contribution >= 4 is 17.5 Å². The van der Waals surface area contributed by atoms with Gasteiger partial charge in [0.1, 0.15) is 0 Å². The Morgan fingerprint density at radius 3 is 2.64 bits per heavy atom. The zero-order valence-corrected chi connectivity index (χ0v) is 15.4. The standard InChI is InChI=1S/C20H20N6O2/c1-13(27)21-12-14-5-7-15(8-6-14)20(28)22-17-4-2-3-16(11-17)19-23-24-25-26(19)18-9-10-18/h2-8,11,18H,9-10,12H2,1H3,(H,21,27)(H,22,28). The van der Waals surface area contributed by atoms with Crippen LogP contribution in [0.15, 0.2) is 48.5 Å². The highest BCUT2D eigenvalue weighted by Gasteiger charge is 2.28. The second-order valence-corrected chi connectivity index (χ2v) is 6.82. The average molecular weight is 376 g/mol. The Kier molecular flexibility index (Phi) is 4.84. The van der Waals surface area contributed by atoms with Crippen molar-refractivity contribution in [2.45, 2.75) is 32.4 Å². The minimum atomic E-state index is -0.204. The molecule has 0 spiro atoms. The van der Waals surface area contributed by atoms with Gasteiger partial charge in [0.2, 0.25) is 5.91 Å². The van der Waals surface area contributed by atoms with Gasteiger partial charge in [0, 0.05) is 30.3 Å². The highest BCUT2D eigenvalue weighted by atomic mass is 16.2. The first-order valence-corrected chi connectivity index (χ1v) is 9.13. The van der Waals surface area contributed by atoms with Crippen molar-refractivity contribution in [2.24, 2.45) is 0 Å². The normalized spacial score (nSPS) is 13.2. The Morgan fingerprint density at radius 2 is 1.93 bits per heavy atom. The van der Waals surface area contributed by atoms with Crippen LogP contribution in [0.4, 0.5) is 5.69 Å². The Balaban J connectivity index is 1.46. The minimum Gasteiger partial charge on any atom is -0.352 e. The Bertz CT molecular complexity index is 1010. The van der Waals surface area contributed by atoms with Gasteiger partial charge in [0.05, 0.1) is 6.04 Å². The maximum Gasteiger partial charge on any atom is 0.255 e. The van der Waals surface area contributed by atoms with Crippen LogP contribution >= 0.6 is 0 Å². The van der Waals surface area contributed by atoms with Crippen molar-refractivity contribution in [2.75, 3.05) is 5.32 Å². The molecule has 8 nitrogen and oxygen atoms in total. The summed E-state index contributed by atoms with van der Waals surface area (Å²) in [5.41, 5.74) is 3.01. The number of carbonyl (C=O) groups excluding carboxylic acids is 2. The van der Waals surface area contributed by atoms with Gasteiger partial charge < -0.3 is 10.6 Å². The third-order valence-electron chi connectivity index (χ3n) is 4.52. The fourth-order valence-corrected chi connectivity index (χ4v) is 2.89. The largest absolute Gasteiger partial charge is 0.352 e. The van der Waals surface area contributed by atoms with Crippen LogP contribution in [-0.4, -0.2) is 32.0 Å². The van der Waals surface area contributed by atoms with Crippen molar-refractivity contribution < 1.29 is 9.59 Å². The molecule has 1 heterocycles. The third kappa shape index (κ3) is 4.06. The Labute approximate surface area is 162 Å². The SMILES string of the molecule is CC(=O)NCc1ccc(C(=O)Nc2cccc(-c3nnnn3C3CC3)c2)cc1. The third-order valence-corrected chi connectivity index (χ3v) is 4.52. The number of anilines is 1. The molecule has 4 rings (SSSR count). The van der Waals surface area contributed by atoms with Gasteiger partial charge in [-0.3, -0.25) is 9.59 Å². The summed E-state index contributed by atoms with van der Waals surface area (Å²) in [4.78, 5) is 23.5. The predicted octanol–water partition coefficient (Wildman–Crippen LogP) is 2.56. The lowest BCUT2D eigenvalue weighted by molar-refractivity contribution is -0.119. The van der Waals surface area contributed by atoms with Crippen LogP contribution in [0.5, 0.6) is 0 Å².